The lowest BCUT2D eigenvalue weighted by atomic mass is 9.57. The first-order chi connectivity index (χ1) is 5.93. The van der Waals surface area contributed by atoms with Crippen molar-refractivity contribution >= 4 is 6.98 Å². The van der Waals surface area contributed by atoms with Crippen LogP contribution in [0.2, 0.25) is 5.82 Å². The van der Waals surface area contributed by atoms with E-state index in [1.165, 1.54) is 0 Å². The summed E-state index contributed by atoms with van der Waals surface area (Å²) in [6.45, 7) is -0.794. The molecule has 0 saturated heterocycles. The molecule has 0 nitrogen and oxygen atoms in total. The van der Waals surface area contributed by atoms with Gasteiger partial charge in [0.05, 0.1) is 0 Å². The van der Waals surface area contributed by atoms with Crippen molar-refractivity contribution in [2.24, 2.45) is 11.8 Å². The Labute approximate surface area is 78.0 Å². The van der Waals surface area contributed by atoms with Gasteiger partial charge in [-0.15, -0.1) is 0 Å². The fraction of sp³-hybridized carbons (Fsp3) is 1.00. The van der Waals surface area contributed by atoms with Crippen LogP contribution < -0.4 is 0 Å². The molecule has 0 bridgehead atoms. The third-order valence-corrected chi connectivity index (χ3v) is 3.22. The summed E-state index contributed by atoms with van der Waals surface area (Å²) in [5.41, 5.74) is 0. The molecule has 0 N–H and O–H groups in total. The van der Waals surface area contributed by atoms with E-state index < -0.39 is 12.8 Å². The standard InChI is InChI=1S/C9H17BF3/c1-7(2)8-5-3-4-6-9(8)10(11,12)13/h7-9H,3-6H2,1-2H3/q-1/t8-,9+/m1/s1. The van der Waals surface area contributed by atoms with E-state index in [1.807, 2.05) is 13.8 Å². The van der Waals surface area contributed by atoms with Gasteiger partial charge in [0.15, 0.2) is 0 Å². The van der Waals surface area contributed by atoms with Crippen LogP contribution in [0.4, 0.5) is 12.9 Å². The Morgan fingerprint density at radius 2 is 1.62 bits per heavy atom. The van der Waals surface area contributed by atoms with Gasteiger partial charge in [0.2, 0.25) is 0 Å². The molecule has 13 heavy (non-hydrogen) atoms. The first-order valence-electron chi connectivity index (χ1n) is 5.13. The molecule has 0 spiro atoms. The monoisotopic (exact) mass is 193 g/mol. The Morgan fingerprint density at radius 3 is 2.00 bits per heavy atom. The topological polar surface area (TPSA) is 0 Å². The van der Waals surface area contributed by atoms with E-state index in [9.17, 15) is 12.9 Å². The lowest BCUT2D eigenvalue weighted by Crippen LogP contribution is -2.34. The van der Waals surface area contributed by atoms with Crippen LogP contribution >= 0.6 is 0 Å². The molecule has 0 radical (unpaired) electrons. The molecule has 0 aromatic rings. The molecule has 1 rings (SSSR count). The minimum absolute atomic E-state index is 0.117. The maximum absolute atomic E-state index is 12.6. The maximum atomic E-state index is 12.6. The maximum Gasteiger partial charge on any atom is 0.481 e. The molecular formula is C9H17BF3-. The zero-order valence-corrected chi connectivity index (χ0v) is 8.27. The quantitative estimate of drug-likeness (QED) is 0.580. The second-order valence-electron chi connectivity index (χ2n) is 4.48. The smallest absolute Gasteiger partial charge is 0.449 e. The molecule has 1 aliphatic carbocycles. The summed E-state index contributed by atoms with van der Waals surface area (Å²) in [4.78, 5) is 0. The van der Waals surface area contributed by atoms with E-state index in [1.54, 1.807) is 0 Å². The van der Waals surface area contributed by atoms with Gasteiger partial charge >= 0.3 is 6.98 Å². The zero-order chi connectivity index (χ0) is 10.1. The molecule has 0 aromatic heterocycles. The SMILES string of the molecule is CC(C)[C@H]1CCCC[C@@H]1[B-](F)(F)F. The molecule has 0 heterocycles. The van der Waals surface area contributed by atoms with Crippen molar-refractivity contribution in [1.29, 1.82) is 0 Å². The highest BCUT2D eigenvalue weighted by Gasteiger charge is 2.41. The summed E-state index contributed by atoms with van der Waals surface area (Å²) in [5, 5.41) is 0. The van der Waals surface area contributed by atoms with Crippen molar-refractivity contribution in [2.45, 2.75) is 45.3 Å². The Bertz CT molecular complexity index is 165. The predicted molar refractivity (Wildman–Crippen MR) is 49.6 cm³/mol. The van der Waals surface area contributed by atoms with Gasteiger partial charge in [-0.1, -0.05) is 51.3 Å². The molecule has 0 amide bonds. The zero-order valence-electron chi connectivity index (χ0n) is 8.27. The van der Waals surface area contributed by atoms with Crippen LogP contribution in [0.5, 0.6) is 0 Å². The summed E-state index contributed by atoms with van der Waals surface area (Å²) >= 11 is 0. The highest BCUT2D eigenvalue weighted by molar-refractivity contribution is 6.60. The number of hydrogen-bond donors (Lipinski definition) is 0. The van der Waals surface area contributed by atoms with E-state index in [0.717, 1.165) is 19.3 Å². The van der Waals surface area contributed by atoms with Crippen LogP contribution in [0.1, 0.15) is 39.5 Å². The van der Waals surface area contributed by atoms with Crippen molar-refractivity contribution in [1.82, 2.24) is 0 Å². The molecule has 1 saturated carbocycles. The molecule has 0 unspecified atom stereocenters. The average Bonchev–Trinajstić information content (AvgIpc) is 2.03. The van der Waals surface area contributed by atoms with E-state index in [2.05, 4.69) is 0 Å². The first kappa shape index (κ1) is 10.9. The number of halogens is 3. The predicted octanol–water partition coefficient (Wildman–Crippen LogP) is 4.05. The Balaban J connectivity index is 2.67. The van der Waals surface area contributed by atoms with Crippen molar-refractivity contribution in [3.8, 4) is 0 Å². The van der Waals surface area contributed by atoms with Crippen LogP contribution in [0.15, 0.2) is 0 Å². The van der Waals surface area contributed by atoms with Crippen LogP contribution in [0.3, 0.4) is 0 Å². The summed E-state index contributed by atoms with van der Waals surface area (Å²) in [5.74, 6) is -0.920. The lowest BCUT2D eigenvalue weighted by Gasteiger charge is -2.40. The molecular weight excluding hydrogens is 176 g/mol. The molecule has 2 atom stereocenters. The Kier molecular flexibility index (Phi) is 3.30. The van der Waals surface area contributed by atoms with Crippen molar-refractivity contribution in [3.05, 3.63) is 0 Å². The average molecular weight is 193 g/mol. The van der Waals surface area contributed by atoms with Gasteiger partial charge in [-0.05, 0) is 5.92 Å². The van der Waals surface area contributed by atoms with E-state index in [4.69, 9.17) is 0 Å². The summed E-state index contributed by atoms with van der Waals surface area (Å²) in [6.07, 6.45) is 2.87. The third kappa shape index (κ3) is 2.65. The Hall–Kier alpha value is -0.145. The van der Waals surface area contributed by atoms with E-state index in [0.29, 0.717) is 6.42 Å². The summed E-state index contributed by atoms with van der Waals surface area (Å²) < 4.78 is 37.8. The van der Waals surface area contributed by atoms with Crippen molar-refractivity contribution < 1.29 is 12.9 Å². The number of hydrogen-bond acceptors (Lipinski definition) is 0. The molecule has 78 valence electrons. The highest BCUT2D eigenvalue weighted by atomic mass is 19.4. The van der Waals surface area contributed by atoms with Gasteiger partial charge in [-0.2, -0.15) is 0 Å². The normalized spacial score (nSPS) is 30.9. The van der Waals surface area contributed by atoms with Crippen LogP contribution in [-0.2, 0) is 0 Å². The van der Waals surface area contributed by atoms with E-state index >= 15 is 0 Å². The van der Waals surface area contributed by atoms with Crippen molar-refractivity contribution in [3.63, 3.8) is 0 Å². The van der Waals surface area contributed by atoms with Gasteiger partial charge in [0.1, 0.15) is 0 Å². The van der Waals surface area contributed by atoms with Gasteiger partial charge in [0.25, 0.3) is 0 Å². The second kappa shape index (κ2) is 3.93. The van der Waals surface area contributed by atoms with E-state index in [-0.39, 0.29) is 11.8 Å². The molecule has 0 aromatic carbocycles. The molecule has 0 aliphatic heterocycles. The van der Waals surface area contributed by atoms with Gasteiger partial charge in [-0.25, -0.2) is 0 Å². The van der Waals surface area contributed by atoms with Gasteiger partial charge in [-0.3, -0.25) is 0 Å². The molecule has 1 aliphatic rings. The van der Waals surface area contributed by atoms with Crippen LogP contribution in [0, 0.1) is 11.8 Å². The summed E-state index contributed by atoms with van der Waals surface area (Å²) in [6, 6.07) is 0. The Morgan fingerprint density at radius 1 is 1.08 bits per heavy atom. The summed E-state index contributed by atoms with van der Waals surface area (Å²) in [7, 11) is 0. The largest absolute Gasteiger partial charge is 0.481 e. The minimum Gasteiger partial charge on any atom is -0.449 e. The second-order valence-corrected chi connectivity index (χ2v) is 4.48. The van der Waals surface area contributed by atoms with Crippen LogP contribution in [-0.4, -0.2) is 6.98 Å². The molecule has 4 heteroatoms. The minimum atomic E-state index is -4.61. The fourth-order valence-electron chi connectivity index (χ4n) is 2.49. The fourth-order valence-corrected chi connectivity index (χ4v) is 2.49. The lowest BCUT2D eigenvalue weighted by molar-refractivity contribution is 0.236. The third-order valence-electron chi connectivity index (χ3n) is 3.22. The first-order valence-corrected chi connectivity index (χ1v) is 5.13. The highest BCUT2D eigenvalue weighted by Crippen LogP contribution is 2.46. The molecule has 1 fully saturated rings. The van der Waals surface area contributed by atoms with Gasteiger partial charge < -0.3 is 12.9 Å². The number of rotatable bonds is 2. The van der Waals surface area contributed by atoms with Gasteiger partial charge in [0, 0.05) is 0 Å². The van der Waals surface area contributed by atoms with Crippen molar-refractivity contribution in [2.75, 3.05) is 0 Å². The van der Waals surface area contributed by atoms with Crippen LogP contribution in [0.25, 0.3) is 0 Å².